The van der Waals surface area contributed by atoms with Crippen LogP contribution in [0.25, 0.3) is 10.9 Å². The van der Waals surface area contributed by atoms with Gasteiger partial charge >= 0.3 is 0 Å². The molecule has 5 heteroatoms. The SMILES string of the molecule is Cn1c(C(=O)N/N=C/c2ccccc2Cl)cc2ccccc21. The Kier molecular flexibility index (Phi) is 3.94. The maximum Gasteiger partial charge on any atom is 0.287 e. The number of fused-ring (bicyclic) bond motifs is 1. The average Bonchev–Trinajstić information content (AvgIpc) is 2.87. The summed E-state index contributed by atoms with van der Waals surface area (Å²) in [7, 11) is 1.86. The maximum atomic E-state index is 12.2. The number of carbonyl (C=O) groups is 1. The number of amides is 1. The van der Waals surface area contributed by atoms with Crippen molar-refractivity contribution >= 4 is 34.6 Å². The van der Waals surface area contributed by atoms with Gasteiger partial charge in [-0.25, -0.2) is 5.43 Å². The highest BCUT2D eigenvalue weighted by Crippen LogP contribution is 2.18. The van der Waals surface area contributed by atoms with Crippen molar-refractivity contribution < 1.29 is 4.79 Å². The molecule has 4 nitrogen and oxygen atoms in total. The Morgan fingerprint density at radius 3 is 2.68 bits per heavy atom. The molecule has 3 rings (SSSR count). The van der Waals surface area contributed by atoms with E-state index in [0.717, 1.165) is 16.5 Å². The summed E-state index contributed by atoms with van der Waals surface area (Å²) in [6.45, 7) is 0. The van der Waals surface area contributed by atoms with Crippen molar-refractivity contribution in [3.63, 3.8) is 0 Å². The van der Waals surface area contributed by atoms with Crippen molar-refractivity contribution in [2.24, 2.45) is 12.1 Å². The fourth-order valence-corrected chi connectivity index (χ4v) is 2.49. The van der Waals surface area contributed by atoms with Crippen molar-refractivity contribution in [1.29, 1.82) is 0 Å². The van der Waals surface area contributed by atoms with Gasteiger partial charge in [0.05, 0.1) is 6.21 Å². The lowest BCUT2D eigenvalue weighted by Gasteiger charge is -2.02. The molecule has 22 heavy (non-hydrogen) atoms. The Morgan fingerprint density at radius 1 is 1.18 bits per heavy atom. The quantitative estimate of drug-likeness (QED) is 0.583. The van der Waals surface area contributed by atoms with Gasteiger partial charge in [0.1, 0.15) is 5.69 Å². The summed E-state index contributed by atoms with van der Waals surface area (Å²) in [6.07, 6.45) is 1.53. The fraction of sp³-hybridized carbons (Fsp3) is 0.0588. The van der Waals surface area contributed by atoms with Crippen LogP contribution in [0.4, 0.5) is 0 Å². The van der Waals surface area contributed by atoms with Gasteiger partial charge in [-0.2, -0.15) is 5.10 Å². The van der Waals surface area contributed by atoms with E-state index in [1.807, 2.05) is 60.1 Å². The van der Waals surface area contributed by atoms with Gasteiger partial charge in [-0.05, 0) is 18.2 Å². The zero-order chi connectivity index (χ0) is 15.5. The van der Waals surface area contributed by atoms with Crippen LogP contribution >= 0.6 is 11.6 Å². The van der Waals surface area contributed by atoms with Gasteiger partial charge < -0.3 is 4.57 Å². The van der Waals surface area contributed by atoms with Gasteiger partial charge in [0.25, 0.3) is 5.91 Å². The van der Waals surface area contributed by atoms with Crippen molar-refractivity contribution in [3.8, 4) is 0 Å². The number of nitrogens with one attached hydrogen (secondary N) is 1. The Morgan fingerprint density at radius 2 is 1.91 bits per heavy atom. The van der Waals surface area contributed by atoms with Gasteiger partial charge in [-0.1, -0.05) is 48.0 Å². The van der Waals surface area contributed by atoms with Crippen LogP contribution in [0.15, 0.2) is 59.7 Å². The third-order valence-electron chi connectivity index (χ3n) is 3.46. The van der Waals surface area contributed by atoms with Crippen molar-refractivity contribution in [1.82, 2.24) is 9.99 Å². The van der Waals surface area contributed by atoms with Gasteiger partial charge in [0.15, 0.2) is 0 Å². The van der Waals surface area contributed by atoms with Crippen molar-refractivity contribution in [2.45, 2.75) is 0 Å². The monoisotopic (exact) mass is 311 g/mol. The Bertz CT molecular complexity index is 867. The van der Waals surface area contributed by atoms with E-state index in [4.69, 9.17) is 11.6 Å². The summed E-state index contributed by atoms with van der Waals surface area (Å²) in [5.41, 5.74) is 4.83. The lowest BCUT2D eigenvalue weighted by atomic mass is 10.2. The highest BCUT2D eigenvalue weighted by atomic mass is 35.5. The Hall–Kier alpha value is -2.59. The van der Waals surface area contributed by atoms with Crippen molar-refractivity contribution in [2.75, 3.05) is 0 Å². The molecule has 0 aliphatic rings. The molecule has 0 radical (unpaired) electrons. The second-order valence-corrected chi connectivity index (χ2v) is 5.28. The third-order valence-corrected chi connectivity index (χ3v) is 3.80. The van der Waals surface area contributed by atoms with Gasteiger partial charge in [0, 0.05) is 28.5 Å². The van der Waals surface area contributed by atoms with Crippen LogP contribution in [0.5, 0.6) is 0 Å². The molecule has 0 saturated carbocycles. The zero-order valence-electron chi connectivity index (χ0n) is 12.0. The van der Waals surface area contributed by atoms with Crippen LogP contribution in [0.3, 0.4) is 0 Å². The number of aromatic nitrogens is 1. The predicted octanol–water partition coefficient (Wildman–Crippen LogP) is 3.60. The first-order valence-corrected chi connectivity index (χ1v) is 7.17. The smallest absolute Gasteiger partial charge is 0.287 e. The number of hydrazone groups is 1. The second kappa shape index (κ2) is 6.03. The van der Waals surface area contributed by atoms with E-state index in [1.165, 1.54) is 6.21 Å². The van der Waals surface area contributed by atoms with E-state index < -0.39 is 0 Å². The first-order chi connectivity index (χ1) is 10.7. The summed E-state index contributed by atoms with van der Waals surface area (Å²) >= 11 is 6.03. The van der Waals surface area contributed by atoms with E-state index in [1.54, 1.807) is 6.07 Å². The Balaban J connectivity index is 1.79. The van der Waals surface area contributed by atoms with Crippen LogP contribution in [0.1, 0.15) is 16.1 Å². The lowest BCUT2D eigenvalue weighted by Crippen LogP contribution is -2.20. The van der Waals surface area contributed by atoms with Crippen LogP contribution < -0.4 is 5.43 Å². The minimum absolute atomic E-state index is 0.262. The number of rotatable bonds is 3. The van der Waals surface area contributed by atoms with Crippen LogP contribution in [0, 0.1) is 0 Å². The number of hydrogen-bond donors (Lipinski definition) is 1. The fourth-order valence-electron chi connectivity index (χ4n) is 2.30. The molecule has 3 aromatic rings. The molecular formula is C17H14ClN3O. The lowest BCUT2D eigenvalue weighted by molar-refractivity contribution is 0.0947. The van der Waals surface area contributed by atoms with Gasteiger partial charge in [-0.15, -0.1) is 0 Å². The zero-order valence-corrected chi connectivity index (χ0v) is 12.7. The molecule has 0 fully saturated rings. The molecule has 1 aromatic heterocycles. The Labute approximate surface area is 133 Å². The second-order valence-electron chi connectivity index (χ2n) is 4.87. The number of benzene rings is 2. The molecule has 0 atom stereocenters. The van der Waals surface area contributed by atoms with Crippen molar-refractivity contribution in [3.05, 3.63) is 70.9 Å². The number of nitrogens with zero attached hydrogens (tertiary/aromatic N) is 2. The molecular weight excluding hydrogens is 298 g/mol. The number of carbonyl (C=O) groups excluding carboxylic acids is 1. The topological polar surface area (TPSA) is 46.4 Å². The summed E-state index contributed by atoms with van der Waals surface area (Å²) in [5.74, 6) is -0.262. The average molecular weight is 312 g/mol. The summed E-state index contributed by atoms with van der Waals surface area (Å²) in [5, 5.41) is 5.57. The molecule has 0 spiro atoms. The van der Waals surface area contributed by atoms with Gasteiger partial charge in [0.2, 0.25) is 0 Å². The molecule has 0 aliphatic heterocycles. The molecule has 1 heterocycles. The molecule has 0 aliphatic carbocycles. The first-order valence-electron chi connectivity index (χ1n) is 6.79. The largest absolute Gasteiger partial charge is 0.340 e. The summed E-state index contributed by atoms with van der Waals surface area (Å²) in [6, 6.07) is 17.0. The molecule has 0 unspecified atom stereocenters. The molecule has 2 aromatic carbocycles. The van der Waals surface area contributed by atoms with E-state index in [9.17, 15) is 4.79 Å². The minimum atomic E-state index is -0.262. The third kappa shape index (κ3) is 2.73. The number of para-hydroxylation sites is 1. The maximum absolute atomic E-state index is 12.2. The highest BCUT2D eigenvalue weighted by Gasteiger charge is 2.12. The molecule has 0 bridgehead atoms. The van der Waals surface area contributed by atoms with Crippen LogP contribution in [0.2, 0.25) is 5.02 Å². The minimum Gasteiger partial charge on any atom is -0.340 e. The van der Waals surface area contributed by atoms with Crippen LogP contribution in [-0.2, 0) is 7.05 Å². The summed E-state index contributed by atoms with van der Waals surface area (Å²) in [4.78, 5) is 12.2. The van der Waals surface area contributed by atoms with E-state index in [-0.39, 0.29) is 5.91 Å². The molecule has 1 N–H and O–H groups in total. The van der Waals surface area contributed by atoms with E-state index >= 15 is 0 Å². The molecule has 1 amide bonds. The highest BCUT2D eigenvalue weighted by molar-refractivity contribution is 6.33. The van der Waals surface area contributed by atoms with Crippen LogP contribution in [-0.4, -0.2) is 16.7 Å². The predicted molar refractivity (Wildman–Crippen MR) is 89.4 cm³/mol. The molecule has 110 valence electrons. The number of aryl methyl sites for hydroxylation is 1. The van der Waals surface area contributed by atoms with E-state index in [0.29, 0.717) is 10.7 Å². The summed E-state index contributed by atoms with van der Waals surface area (Å²) < 4.78 is 1.84. The van der Waals surface area contributed by atoms with E-state index in [2.05, 4.69) is 10.5 Å². The standard InChI is InChI=1S/C17H14ClN3O/c1-21-15-9-5-3-6-12(15)10-16(21)17(22)20-19-11-13-7-2-4-8-14(13)18/h2-11H,1H3,(H,20,22)/b19-11+. The number of hydrogen-bond acceptors (Lipinski definition) is 2. The normalized spacial score (nSPS) is 11.2. The first kappa shape index (κ1) is 14.4. The molecule has 0 saturated heterocycles. The number of halogens is 1. The van der Waals surface area contributed by atoms with Gasteiger partial charge in [-0.3, -0.25) is 4.79 Å².